The molecule has 0 saturated carbocycles. The van der Waals surface area contributed by atoms with Crippen LogP contribution in [-0.4, -0.2) is 24.4 Å². The van der Waals surface area contributed by atoms with E-state index in [1.165, 1.54) is 22.5 Å². The molecule has 0 saturated heterocycles. The molecule has 7 heteroatoms. The van der Waals surface area contributed by atoms with Crippen LogP contribution >= 0.6 is 22.9 Å². The molecule has 1 heterocycles. The van der Waals surface area contributed by atoms with Crippen molar-refractivity contribution in [1.29, 1.82) is 0 Å². The highest BCUT2D eigenvalue weighted by Gasteiger charge is 2.13. The van der Waals surface area contributed by atoms with Crippen LogP contribution in [-0.2, 0) is 0 Å². The average Bonchev–Trinajstić information content (AvgIpc) is 3.18. The van der Waals surface area contributed by atoms with Gasteiger partial charge in [0.1, 0.15) is 0 Å². The highest BCUT2D eigenvalue weighted by Crippen LogP contribution is 2.36. The third kappa shape index (κ3) is 6.21. The normalized spacial score (nSPS) is 11.3. The number of benzene rings is 2. The molecular formula is C24H28ClN3O2S. The van der Waals surface area contributed by atoms with Crippen molar-refractivity contribution in [3.63, 3.8) is 0 Å². The number of anilines is 1. The first-order valence-corrected chi connectivity index (χ1v) is 11.5. The van der Waals surface area contributed by atoms with Crippen molar-refractivity contribution in [2.24, 2.45) is 11.0 Å². The summed E-state index contributed by atoms with van der Waals surface area (Å²) < 4.78 is 11.6. The van der Waals surface area contributed by atoms with Crippen LogP contribution in [0.4, 0.5) is 5.13 Å². The summed E-state index contributed by atoms with van der Waals surface area (Å²) in [7, 11) is 0. The largest absolute Gasteiger partial charge is 0.490 e. The predicted molar refractivity (Wildman–Crippen MR) is 131 cm³/mol. The van der Waals surface area contributed by atoms with Crippen LogP contribution in [0.2, 0.25) is 5.02 Å². The van der Waals surface area contributed by atoms with Crippen molar-refractivity contribution in [1.82, 2.24) is 4.98 Å². The number of thiazole rings is 1. The minimum Gasteiger partial charge on any atom is -0.490 e. The molecule has 0 unspecified atom stereocenters. The van der Waals surface area contributed by atoms with Gasteiger partial charge < -0.3 is 9.47 Å². The Morgan fingerprint density at radius 1 is 1.16 bits per heavy atom. The van der Waals surface area contributed by atoms with Crippen LogP contribution in [0.15, 0.2) is 40.8 Å². The fraction of sp³-hybridized carbons (Fsp3) is 0.333. The SMILES string of the molecule is CCOc1cc(/C=N\Nc2nc(-c3ccc(C)c(C)c3)cs2)cc(Cl)c1OCC(C)C. The molecule has 164 valence electrons. The highest BCUT2D eigenvalue weighted by atomic mass is 35.5. The van der Waals surface area contributed by atoms with E-state index in [1.54, 1.807) is 6.21 Å². The van der Waals surface area contributed by atoms with Gasteiger partial charge in [-0.05, 0) is 61.6 Å². The van der Waals surface area contributed by atoms with Crippen LogP contribution in [0.25, 0.3) is 11.3 Å². The van der Waals surface area contributed by atoms with E-state index in [-0.39, 0.29) is 0 Å². The standard InChI is InChI=1S/C24H28ClN3O2S/c1-6-29-22-11-18(10-20(25)23(22)30-13-15(2)3)12-26-28-24-27-21(14-31-24)19-8-7-16(4)17(5)9-19/h7-12,14-15H,6,13H2,1-5H3,(H,27,28)/b26-12-. The molecule has 2 aromatic carbocycles. The molecule has 31 heavy (non-hydrogen) atoms. The number of nitrogens with one attached hydrogen (secondary N) is 1. The molecule has 1 aromatic heterocycles. The van der Waals surface area contributed by atoms with Crippen LogP contribution in [0, 0.1) is 19.8 Å². The molecule has 0 aliphatic carbocycles. The number of aryl methyl sites for hydroxylation is 2. The summed E-state index contributed by atoms with van der Waals surface area (Å²) in [6.45, 7) is 11.4. The molecule has 0 atom stereocenters. The third-order valence-electron chi connectivity index (χ3n) is 4.57. The van der Waals surface area contributed by atoms with Crippen LogP contribution in [0.1, 0.15) is 37.5 Å². The second kappa shape index (κ2) is 10.6. The summed E-state index contributed by atoms with van der Waals surface area (Å²) in [5.41, 5.74) is 8.36. The summed E-state index contributed by atoms with van der Waals surface area (Å²) in [6.07, 6.45) is 1.69. The Labute approximate surface area is 193 Å². The van der Waals surface area contributed by atoms with E-state index in [0.717, 1.165) is 22.0 Å². The number of nitrogens with zero attached hydrogens (tertiary/aromatic N) is 2. The Kier molecular flexibility index (Phi) is 7.93. The van der Waals surface area contributed by atoms with E-state index in [9.17, 15) is 0 Å². The number of hydrogen-bond acceptors (Lipinski definition) is 6. The molecule has 0 aliphatic heterocycles. The lowest BCUT2D eigenvalue weighted by atomic mass is 10.1. The Hall–Kier alpha value is -2.57. The molecule has 0 bridgehead atoms. The fourth-order valence-corrected chi connectivity index (χ4v) is 3.78. The lowest BCUT2D eigenvalue weighted by Crippen LogP contribution is -2.07. The number of hydrogen-bond donors (Lipinski definition) is 1. The van der Waals surface area contributed by atoms with E-state index in [4.69, 9.17) is 21.1 Å². The molecular weight excluding hydrogens is 430 g/mol. The maximum absolute atomic E-state index is 6.45. The van der Waals surface area contributed by atoms with Crippen LogP contribution < -0.4 is 14.9 Å². The fourth-order valence-electron chi connectivity index (χ4n) is 2.84. The van der Waals surface area contributed by atoms with Gasteiger partial charge >= 0.3 is 0 Å². The van der Waals surface area contributed by atoms with Gasteiger partial charge in [-0.2, -0.15) is 5.10 Å². The van der Waals surface area contributed by atoms with E-state index in [1.807, 2.05) is 24.4 Å². The topological polar surface area (TPSA) is 55.7 Å². The maximum atomic E-state index is 6.45. The Balaban J connectivity index is 1.72. The second-order valence-corrected chi connectivity index (χ2v) is 8.94. The lowest BCUT2D eigenvalue weighted by Gasteiger charge is -2.15. The number of ether oxygens (including phenoxy) is 2. The molecule has 3 aromatic rings. The number of rotatable bonds is 9. The molecule has 0 amide bonds. The van der Waals surface area contributed by atoms with Gasteiger partial charge in [0.05, 0.1) is 30.1 Å². The molecule has 5 nitrogen and oxygen atoms in total. The van der Waals surface area contributed by atoms with Crippen LogP contribution in [0.3, 0.4) is 0 Å². The summed E-state index contributed by atoms with van der Waals surface area (Å²) in [6, 6.07) is 10.0. The minimum atomic E-state index is 0.392. The highest BCUT2D eigenvalue weighted by molar-refractivity contribution is 7.14. The number of halogens is 1. The monoisotopic (exact) mass is 457 g/mol. The Bertz CT molecular complexity index is 1060. The molecule has 0 fully saturated rings. The zero-order chi connectivity index (χ0) is 22.4. The molecule has 1 N–H and O–H groups in total. The number of aromatic nitrogens is 1. The zero-order valence-electron chi connectivity index (χ0n) is 18.5. The van der Waals surface area contributed by atoms with Crippen molar-refractivity contribution in [2.75, 3.05) is 18.6 Å². The van der Waals surface area contributed by atoms with Crippen molar-refractivity contribution in [3.05, 3.63) is 57.4 Å². The van der Waals surface area contributed by atoms with Gasteiger partial charge in [0, 0.05) is 10.9 Å². The van der Waals surface area contributed by atoms with E-state index in [0.29, 0.717) is 35.7 Å². The number of hydrazone groups is 1. The lowest BCUT2D eigenvalue weighted by molar-refractivity contribution is 0.248. The van der Waals surface area contributed by atoms with Crippen molar-refractivity contribution in [3.8, 4) is 22.8 Å². The van der Waals surface area contributed by atoms with Crippen molar-refractivity contribution < 1.29 is 9.47 Å². The van der Waals surface area contributed by atoms with E-state index < -0.39 is 0 Å². The Morgan fingerprint density at radius 3 is 2.68 bits per heavy atom. The molecule has 0 spiro atoms. The van der Waals surface area contributed by atoms with Crippen LogP contribution in [0.5, 0.6) is 11.5 Å². The Morgan fingerprint density at radius 2 is 1.97 bits per heavy atom. The first kappa shape index (κ1) is 23.1. The molecule has 0 radical (unpaired) electrons. The van der Waals surface area contributed by atoms with Gasteiger partial charge in [-0.15, -0.1) is 11.3 Å². The third-order valence-corrected chi connectivity index (χ3v) is 5.60. The zero-order valence-corrected chi connectivity index (χ0v) is 20.1. The second-order valence-electron chi connectivity index (χ2n) is 7.67. The maximum Gasteiger partial charge on any atom is 0.203 e. The summed E-state index contributed by atoms with van der Waals surface area (Å²) in [5.74, 6) is 1.58. The summed E-state index contributed by atoms with van der Waals surface area (Å²) in [4.78, 5) is 4.62. The quantitative estimate of drug-likeness (QED) is 0.278. The predicted octanol–water partition coefficient (Wildman–Crippen LogP) is 6.96. The van der Waals surface area contributed by atoms with Gasteiger partial charge in [-0.25, -0.2) is 4.98 Å². The van der Waals surface area contributed by atoms with Gasteiger partial charge in [-0.1, -0.05) is 37.6 Å². The summed E-state index contributed by atoms with van der Waals surface area (Å²) >= 11 is 7.96. The first-order chi connectivity index (χ1) is 14.9. The smallest absolute Gasteiger partial charge is 0.203 e. The van der Waals surface area contributed by atoms with Gasteiger partial charge in [0.2, 0.25) is 5.13 Å². The van der Waals surface area contributed by atoms with E-state index >= 15 is 0 Å². The first-order valence-electron chi connectivity index (χ1n) is 10.3. The summed E-state index contributed by atoms with van der Waals surface area (Å²) in [5, 5.41) is 7.55. The average molecular weight is 458 g/mol. The minimum absolute atomic E-state index is 0.392. The van der Waals surface area contributed by atoms with Crippen molar-refractivity contribution >= 4 is 34.3 Å². The van der Waals surface area contributed by atoms with Crippen molar-refractivity contribution in [2.45, 2.75) is 34.6 Å². The molecule has 0 aliphatic rings. The van der Waals surface area contributed by atoms with E-state index in [2.05, 4.69) is 61.4 Å². The van der Waals surface area contributed by atoms with Gasteiger partial charge in [0.15, 0.2) is 11.5 Å². The van der Waals surface area contributed by atoms with Gasteiger partial charge in [-0.3, -0.25) is 5.43 Å². The van der Waals surface area contributed by atoms with Gasteiger partial charge in [0.25, 0.3) is 0 Å². The molecule has 3 rings (SSSR count).